The van der Waals surface area contributed by atoms with E-state index in [1.54, 1.807) is 0 Å². The molecule has 0 unspecified atom stereocenters. The summed E-state index contributed by atoms with van der Waals surface area (Å²) in [5.74, 6) is 0.855. The minimum Gasteiger partial charge on any atom is -0.465 e. The van der Waals surface area contributed by atoms with Gasteiger partial charge in [0, 0.05) is 6.54 Å². The van der Waals surface area contributed by atoms with Gasteiger partial charge in [-0.05, 0) is 18.8 Å². The van der Waals surface area contributed by atoms with Gasteiger partial charge in [0.1, 0.15) is 0 Å². The maximum atomic E-state index is 10.2. The number of carboxylic acid groups (broad SMARTS) is 1. The zero-order valence-electron chi connectivity index (χ0n) is 8.80. The average molecular weight is 199 g/mol. The number of nitrogens with one attached hydrogen (secondary N) is 1. The molecule has 0 spiro atoms. The molecule has 3 heteroatoms. The van der Waals surface area contributed by atoms with E-state index in [-0.39, 0.29) is 0 Å². The normalized spacial score (nSPS) is 18.9. The molecule has 0 radical (unpaired) electrons. The summed E-state index contributed by atoms with van der Waals surface area (Å²) in [5.41, 5.74) is 0. The summed E-state index contributed by atoms with van der Waals surface area (Å²) in [6.45, 7) is 0.617. The Morgan fingerprint density at radius 2 is 1.86 bits per heavy atom. The first-order valence-electron chi connectivity index (χ1n) is 5.76. The molecule has 1 aliphatic carbocycles. The zero-order chi connectivity index (χ0) is 10.2. The molecular formula is C11H21NO2. The van der Waals surface area contributed by atoms with Crippen molar-refractivity contribution in [3.63, 3.8) is 0 Å². The maximum Gasteiger partial charge on any atom is 0.404 e. The monoisotopic (exact) mass is 199 g/mol. The molecule has 1 rings (SSSR count). The maximum absolute atomic E-state index is 10.2. The van der Waals surface area contributed by atoms with Crippen LogP contribution < -0.4 is 5.32 Å². The van der Waals surface area contributed by atoms with Crippen LogP contribution in [0.3, 0.4) is 0 Å². The summed E-state index contributed by atoms with van der Waals surface area (Å²) < 4.78 is 0. The highest BCUT2D eigenvalue weighted by Gasteiger charge is 2.11. The SMILES string of the molecule is O=C(O)NCCCC1CCCCCC1. The fourth-order valence-electron chi connectivity index (χ4n) is 2.24. The van der Waals surface area contributed by atoms with Gasteiger partial charge in [0.25, 0.3) is 0 Å². The zero-order valence-corrected chi connectivity index (χ0v) is 8.80. The van der Waals surface area contributed by atoms with E-state index in [4.69, 9.17) is 5.11 Å². The fraction of sp³-hybridized carbons (Fsp3) is 0.909. The lowest BCUT2D eigenvalue weighted by Gasteiger charge is -2.12. The van der Waals surface area contributed by atoms with Crippen molar-refractivity contribution >= 4 is 6.09 Å². The first kappa shape index (κ1) is 11.3. The van der Waals surface area contributed by atoms with E-state index in [0.717, 1.165) is 12.3 Å². The van der Waals surface area contributed by atoms with E-state index in [1.165, 1.54) is 44.9 Å². The lowest BCUT2D eigenvalue weighted by Crippen LogP contribution is -2.22. The average Bonchev–Trinajstić information content (AvgIpc) is 2.40. The molecular weight excluding hydrogens is 178 g/mol. The lowest BCUT2D eigenvalue weighted by molar-refractivity contribution is 0.194. The molecule has 0 aromatic heterocycles. The minimum absolute atomic E-state index is 0.617. The predicted molar refractivity (Wildman–Crippen MR) is 56.5 cm³/mol. The highest BCUT2D eigenvalue weighted by Crippen LogP contribution is 2.25. The predicted octanol–water partition coefficient (Wildman–Crippen LogP) is 3.00. The van der Waals surface area contributed by atoms with Crippen LogP contribution in [0.25, 0.3) is 0 Å². The molecule has 1 amide bonds. The van der Waals surface area contributed by atoms with Crippen LogP contribution in [0.2, 0.25) is 0 Å². The van der Waals surface area contributed by atoms with Crippen LogP contribution in [0.5, 0.6) is 0 Å². The number of hydrogen-bond donors (Lipinski definition) is 2. The van der Waals surface area contributed by atoms with Crippen molar-refractivity contribution in [3.05, 3.63) is 0 Å². The largest absolute Gasteiger partial charge is 0.465 e. The molecule has 0 bridgehead atoms. The van der Waals surface area contributed by atoms with Gasteiger partial charge in [0.15, 0.2) is 0 Å². The summed E-state index contributed by atoms with van der Waals surface area (Å²) in [6.07, 6.45) is 9.53. The number of rotatable bonds is 4. The second-order valence-corrected chi connectivity index (χ2v) is 4.23. The molecule has 0 saturated heterocycles. The van der Waals surface area contributed by atoms with E-state index < -0.39 is 6.09 Å². The molecule has 2 N–H and O–H groups in total. The van der Waals surface area contributed by atoms with Crippen LogP contribution in [0.15, 0.2) is 0 Å². The molecule has 14 heavy (non-hydrogen) atoms. The molecule has 0 atom stereocenters. The number of hydrogen-bond acceptors (Lipinski definition) is 1. The van der Waals surface area contributed by atoms with Gasteiger partial charge in [0.05, 0.1) is 0 Å². The second kappa shape index (κ2) is 6.68. The van der Waals surface area contributed by atoms with Gasteiger partial charge in [-0.1, -0.05) is 38.5 Å². The molecule has 0 aromatic carbocycles. The Morgan fingerprint density at radius 1 is 1.21 bits per heavy atom. The van der Waals surface area contributed by atoms with E-state index in [2.05, 4.69) is 5.32 Å². The van der Waals surface area contributed by atoms with Gasteiger partial charge < -0.3 is 10.4 Å². The van der Waals surface area contributed by atoms with Gasteiger partial charge in [-0.3, -0.25) is 0 Å². The van der Waals surface area contributed by atoms with Gasteiger partial charge in [-0.2, -0.15) is 0 Å². The Labute approximate surface area is 85.9 Å². The highest BCUT2D eigenvalue weighted by atomic mass is 16.4. The molecule has 0 heterocycles. The summed E-state index contributed by atoms with van der Waals surface area (Å²) in [4.78, 5) is 10.2. The summed E-state index contributed by atoms with van der Waals surface area (Å²) >= 11 is 0. The van der Waals surface area contributed by atoms with Crippen LogP contribution >= 0.6 is 0 Å². The van der Waals surface area contributed by atoms with Crippen molar-refractivity contribution in [2.75, 3.05) is 6.54 Å². The van der Waals surface area contributed by atoms with Crippen LogP contribution in [-0.4, -0.2) is 17.7 Å². The Morgan fingerprint density at radius 3 is 2.43 bits per heavy atom. The first-order chi connectivity index (χ1) is 6.79. The lowest BCUT2D eigenvalue weighted by atomic mass is 9.95. The Balaban J connectivity index is 2.01. The quantitative estimate of drug-likeness (QED) is 0.540. The van der Waals surface area contributed by atoms with Gasteiger partial charge in [-0.25, -0.2) is 4.79 Å². The number of carbonyl (C=O) groups is 1. The summed E-state index contributed by atoms with van der Waals surface area (Å²) in [6, 6.07) is 0. The standard InChI is InChI=1S/C11H21NO2/c13-11(14)12-9-5-8-10-6-3-1-2-4-7-10/h10,12H,1-9H2,(H,13,14). The fourth-order valence-corrected chi connectivity index (χ4v) is 2.24. The summed E-state index contributed by atoms with van der Waals surface area (Å²) in [7, 11) is 0. The van der Waals surface area contributed by atoms with Crippen molar-refractivity contribution < 1.29 is 9.90 Å². The summed E-state index contributed by atoms with van der Waals surface area (Å²) in [5, 5.41) is 10.8. The third kappa shape index (κ3) is 5.10. The van der Waals surface area contributed by atoms with E-state index in [1.807, 2.05) is 0 Å². The Kier molecular flexibility index (Phi) is 5.42. The molecule has 1 aliphatic rings. The number of amides is 1. The van der Waals surface area contributed by atoms with Crippen LogP contribution in [0.4, 0.5) is 4.79 Å². The van der Waals surface area contributed by atoms with E-state index in [0.29, 0.717) is 6.54 Å². The van der Waals surface area contributed by atoms with Crippen LogP contribution in [0.1, 0.15) is 51.4 Å². The topological polar surface area (TPSA) is 49.3 Å². The van der Waals surface area contributed by atoms with Crippen molar-refractivity contribution in [1.29, 1.82) is 0 Å². The molecule has 0 aliphatic heterocycles. The van der Waals surface area contributed by atoms with Gasteiger partial charge in [0.2, 0.25) is 0 Å². The van der Waals surface area contributed by atoms with Gasteiger partial charge in [-0.15, -0.1) is 0 Å². The highest BCUT2D eigenvalue weighted by molar-refractivity contribution is 5.64. The smallest absolute Gasteiger partial charge is 0.404 e. The molecule has 3 nitrogen and oxygen atoms in total. The van der Waals surface area contributed by atoms with Crippen LogP contribution in [0, 0.1) is 5.92 Å². The Bertz CT molecular complexity index is 163. The minimum atomic E-state index is -0.897. The van der Waals surface area contributed by atoms with E-state index in [9.17, 15) is 4.79 Å². The third-order valence-corrected chi connectivity index (χ3v) is 3.04. The van der Waals surface area contributed by atoms with Crippen molar-refractivity contribution in [2.45, 2.75) is 51.4 Å². The van der Waals surface area contributed by atoms with Crippen LogP contribution in [-0.2, 0) is 0 Å². The first-order valence-corrected chi connectivity index (χ1v) is 5.76. The van der Waals surface area contributed by atoms with Crippen molar-refractivity contribution in [2.24, 2.45) is 5.92 Å². The molecule has 0 aromatic rings. The Hall–Kier alpha value is -0.730. The second-order valence-electron chi connectivity index (χ2n) is 4.23. The molecule has 1 fully saturated rings. The van der Waals surface area contributed by atoms with Crippen molar-refractivity contribution in [1.82, 2.24) is 5.32 Å². The van der Waals surface area contributed by atoms with Gasteiger partial charge >= 0.3 is 6.09 Å². The third-order valence-electron chi connectivity index (χ3n) is 3.04. The molecule has 1 saturated carbocycles. The van der Waals surface area contributed by atoms with Crippen molar-refractivity contribution in [3.8, 4) is 0 Å². The van der Waals surface area contributed by atoms with E-state index >= 15 is 0 Å². The molecule has 82 valence electrons.